The molecule has 1 aromatic rings. The number of piperidine rings is 1. The fraction of sp³-hybridized carbons (Fsp3) is 0.833. The molecule has 0 saturated carbocycles. The van der Waals surface area contributed by atoms with E-state index in [-0.39, 0.29) is 6.10 Å². The molecule has 2 heterocycles. The molecule has 96 valence electrons. The van der Waals surface area contributed by atoms with Gasteiger partial charge in [0.2, 0.25) is 0 Å². The van der Waals surface area contributed by atoms with E-state index in [2.05, 4.69) is 15.1 Å². The van der Waals surface area contributed by atoms with Gasteiger partial charge in [0.05, 0.1) is 12.6 Å². The molecule has 2 unspecified atom stereocenters. The van der Waals surface area contributed by atoms with E-state index in [0.29, 0.717) is 5.92 Å². The maximum absolute atomic E-state index is 9.66. The molecule has 0 aliphatic carbocycles. The van der Waals surface area contributed by atoms with Crippen LogP contribution in [0.3, 0.4) is 0 Å². The van der Waals surface area contributed by atoms with Gasteiger partial charge in [-0.2, -0.15) is 0 Å². The Bertz CT molecular complexity index is 375. The average Bonchev–Trinajstić information content (AvgIpc) is 2.61. The lowest BCUT2D eigenvalue weighted by atomic mass is 9.93. The van der Waals surface area contributed by atoms with Gasteiger partial charge in [-0.05, 0) is 39.2 Å². The molecule has 0 bridgehead atoms. The van der Waals surface area contributed by atoms with Crippen LogP contribution in [0.5, 0.6) is 0 Å². The number of rotatable bonds is 3. The van der Waals surface area contributed by atoms with Crippen molar-refractivity contribution in [2.24, 2.45) is 13.0 Å². The van der Waals surface area contributed by atoms with E-state index >= 15 is 0 Å². The molecule has 1 aromatic heterocycles. The molecular formula is C12H22N4O. The zero-order valence-electron chi connectivity index (χ0n) is 10.9. The highest BCUT2D eigenvalue weighted by Crippen LogP contribution is 2.20. The van der Waals surface area contributed by atoms with Crippen LogP contribution >= 0.6 is 0 Å². The predicted octanol–water partition coefficient (Wildman–Crippen LogP) is 0.716. The van der Waals surface area contributed by atoms with E-state index in [1.54, 1.807) is 0 Å². The molecule has 1 saturated heterocycles. The molecule has 2 atom stereocenters. The van der Waals surface area contributed by atoms with Crippen LogP contribution in [0.1, 0.15) is 31.4 Å². The van der Waals surface area contributed by atoms with E-state index < -0.39 is 0 Å². The van der Waals surface area contributed by atoms with Crippen molar-refractivity contribution < 1.29 is 5.11 Å². The molecular weight excluding hydrogens is 216 g/mol. The number of aryl methyl sites for hydroxylation is 1. The molecule has 5 heteroatoms. The van der Waals surface area contributed by atoms with Crippen LogP contribution in [0.2, 0.25) is 0 Å². The standard InChI is InChI=1S/C12H22N4O/c1-9(17)11-5-4-6-16(7-11)8-12-14-13-10(2)15(12)3/h9,11,17H,4-8H2,1-3H3. The zero-order valence-corrected chi connectivity index (χ0v) is 10.9. The number of hydrogen-bond acceptors (Lipinski definition) is 4. The lowest BCUT2D eigenvalue weighted by Crippen LogP contribution is -2.39. The third kappa shape index (κ3) is 2.84. The lowest BCUT2D eigenvalue weighted by Gasteiger charge is -2.33. The highest BCUT2D eigenvalue weighted by Gasteiger charge is 2.24. The van der Waals surface area contributed by atoms with Crippen molar-refractivity contribution in [1.82, 2.24) is 19.7 Å². The molecule has 1 aliphatic heterocycles. The summed E-state index contributed by atoms with van der Waals surface area (Å²) in [6.07, 6.45) is 2.08. The Balaban J connectivity index is 1.97. The smallest absolute Gasteiger partial charge is 0.146 e. The number of likely N-dealkylation sites (tertiary alicyclic amines) is 1. The van der Waals surface area contributed by atoms with Gasteiger partial charge >= 0.3 is 0 Å². The summed E-state index contributed by atoms with van der Waals surface area (Å²) < 4.78 is 2.03. The van der Waals surface area contributed by atoms with Crippen LogP contribution in [-0.2, 0) is 13.6 Å². The van der Waals surface area contributed by atoms with Crippen molar-refractivity contribution in [3.63, 3.8) is 0 Å². The predicted molar refractivity (Wildman–Crippen MR) is 65.4 cm³/mol. The van der Waals surface area contributed by atoms with Gasteiger partial charge in [0, 0.05) is 13.6 Å². The molecule has 0 radical (unpaired) electrons. The summed E-state index contributed by atoms with van der Waals surface area (Å²) in [4.78, 5) is 2.37. The Kier molecular flexibility index (Phi) is 3.79. The van der Waals surface area contributed by atoms with Crippen LogP contribution in [0, 0.1) is 12.8 Å². The van der Waals surface area contributed by atoms with Gasteiger partial charge in [0.25, 0.3) is 0 Å². The topological polar surface area (TPSA) is 54.2 Å². The van der Waals surface area contributed by atoms with Crippen molar-refractivity contribution in [2.75, 3.05) is 13.1 Å². The summed E-state index contributed by atoms with van der Waals surface area (Å²) in [5, 5.41) is 17.9. The summed E-state index contributed by atoms with van der Waals surface area (Å²) in [5.74, 6) is 2.36. The first-order chi connectivity index (χ1) is 8.08. The lowest BCUT2D eigenvalue weighted by molar-refractivity contribution is 0.0585. The summed E-state index contributed by atoms with van der Waals surface area (Å²) in [6.45, 7) is 6.74. The minimum Gasteiger partial charge on any atom is -0.393 e. The van der Waals surface area contributed by atoms with Crippen molar-refractivity contribution in [1.29, 1.82) is 0 Å². The van der Waals surface area contributed by atoms with Gasteiger partial charge in [-0.3, -0.25) is 4.90 Å². The second kappa shape index (κ2) is 5.14. The molecule has 5 nitrogen and oxygen atoms in total. The molecule has 1 N–H and O–H groups in total. The largest absolute Gasteiger partial charge is 0.393 e. The van der Waals surface area contributed by atoms with E-state index in [0.717, 1.165) is 44.1 Å². The van der Waals surface area contributed by atoms with E-state index in [4.69, 9.17) is 0 Å². The normalized spacial score (nSPS) is 23.9. The van der Waals surface area contributed by atoms with Gasteiger partial charge in [-0.1, -0.05) is 0 Å². The van der Waals surface area contributed by atoms with Crippen LogP contribution in [0.4, 0.5) is 0 Å². The van der Waals surface area contributed by atoms with E-state index in [1.165, 1.54) is 0 Å². The third-order valence-electron chi connectivity index (χ3n) is 3.77. The highest BCUT2D eigenvalue weighted by molar-refractivity contribution is 4.93. The second-order valence-electron chi connectivity index (χ2n) is 5.10. The number of hydrogen-bond donors (Lipinski definition) is 1. The Morgan fingerprint density at radius 3 is 2.82 bits per heavy atom. The van der Waals surface area contributed by atoms with Gasteiger partial charge in [-0.15, -0.1) is 10.2 Å². The molecule has 17 heavy (non-hydrogen) atoms. The van der Waals surface area contributed by atoms with Gasteiger partial charge in [-0.25, -0.2) is 0 Å². The first-order valence-corrected chi connectivity index (χ1v) is 6.33. The Morgan fingerprint density at radius 2 is 2.24 bits per heavy atom. The van der Waals surface area contributed by atoms with Gasteiger partial charge in [0.1, 0.15) is 11.6 Å². The fourth-order valence-corrected chi connectivity index (χ4v) is 2.42. The summed E-state index contributed by atoms with van der Waals surface area (Å²) in [7, 11) is 2.00. The Hall–Kier alpha value is -0.940. The molecule has 0 spiro atoms. The second-order valence-corrected chi connectivity index (χ2v) is 5.10. The summed E-state index contributed by atoms with van der Waals surface area (Å²) >= 11 is 0. The van der Waals surface area contributed by atoms with Crippen LogP contribution < -0.4 is 0 Å². The van der Waals surface area contributed by atoms with Crippen molar-refractivity contribution in [2.45, 2.75) is 39.3 Å². The van der Waals surface area contributed by atoms with Crippen LogP contribution in [-0.4, -0.2) is 44.0 Å². The number of nitrogens with zero attached hydrogens (tertiary/aromatic N) is 4. The van der Waals surface area contributed by atoms with Crippen LogP contribution in [0.15, 0.2) is 0 Å². The maximum Gasteiger partial charge on any atom is 0.146 e. The number of aromatic nitrogens is 3. The van der Waals surface area contributed by atoms with Gasteiger partial charge in [0.15, 0.2) is 0 Å². The number of aliphatic hydroxyl groups excluding tert-OH is 1. The van der Waals surface area contributed by atoms with E-state index in [9.17, 15) is 5.11 Å². The first-order valence-electron chi connectivity index (χ1n) is 6.33. The van der Waals surface area contributed by atoms with Crippen molar-refractivity contribution >= 4 is 0 Å². The fourth-order valence-electron chi connectivity index (χ4n) is 2.42. The zero-order chi connectivity index (χ0) is 12.4. The minimum absolute atomic E-state index is 0.209. The Labute approximate surface area is 102 Å². The molecule has 1 fully saturated rings. The van der Waals surface area contributed by atoms with Crippen LogP contribution in [0.25, 0.3) is 0 Å². The molecule has 0 amide bonds. The highest BCUT2D eigenvalue weighted by atomic mass is 16.3. The first kappa shape index (κ1) is 12.5. The number of aliphatic hydroxyl groups is 1. The summed E-state index contributed by atoms with van der Waals surface area (Å²) in [5.41, 5.74) is 0. The maximum atomic E-state index is 9.66. The quantitative estimate of drug-likeness (QED) is 0.843. The molecule has 1 aliphatic rings. The molecule has 2 rings (SSSR count). The Morgan fingerprint density at radius 1 is 1.47 bits per heavy atom. The van der Waals surface area contributed by atoms with Crippen molar-refractivity contribution in [3.05, 3.63) is 11.6 Å². The average molecular weight is 238 g/mol. The minimum atomic E-state index is -0.209. The monoisotopic (exact) mass is 238 g/mol. The summed E-state index contributed by atoms with van der Waals surface area (Å²) in [6, 6.07) is 0. The van der Waals surface area contributed by atoms with E-state index in [1.807, 2.05) is 25.5 Å². The van der Waals surface area contributed by atoms with Gasteiger partial charge < -0.3 is 9.67 Å². The molecule has 0 aromatic carbocycles. The third-order valence-corrected chi connectivity index (χ3v) is 3.77. The SMILES string of the molecule is Cc1nnc(CN2CCCC(C(C)O)C2)n1C. The van der Waals surface area contributed by atoms with Crippen molar-refractivity contribution in [3.8, 4) is 0 Å².